The predicted octanol–water partition coefficient (Wildman–Crippen LogP) is 1.09. The number of benzene rings is 1. The van der Waals surface area contributed by atoms with Gasteiger partial charge in [0.05, 0.1) is 6.07 Å². The van der Waals surface area contributed by atoms with Gasteiger partial charge in [-0.15, -0.1) is 0 Å². The van der Waals surface area contributed by atoms with E-state index in [9.17, 15) is 8.42 Å². The van der Waals surface area contributed by atoms with Crippen molar-refractivity contribution in [2.24, 2.45) is 0 Å². The lowest BCUT2D eigenvalue weighted by atomic mass is 10.1. The van der Waals surface area contributed by atoms with E-state index in [2.05, 4.69) is 11.8 Å². The molecule has 0 saturated carbocycles. The molecule has 0 radical (unpaired) electrons. The summed E-state index contributed by atoms with van der Waals surface area (Å²) in [6.45, 7) is 1.68. The Kier molecular flexibility index (Phi) is 6.39. The molecule has 0 heterocycles. The zero-order valence-electron chi connectivity index (χ0n) is 12.1. The van der Waals surface area contributed by atoms with Gasteiger partial charge in [-0.05, 0) is 24.1 Å². The summed E-state index contributed by atoms with van der Waals surface area (Å²) in [6.07, 6.45) is 0.263. The van der Waals surface area contributed by atoms with Gasteiger partial charge in [0.2, 0.25) is 10.0 Å². The number of sulfonamides is 1. The van der Waals surface area contributed by atoms with Crippen LogP contribution in [0.5, 0.6) is 0 Å². The molecule has 1 rings (SSSR count). The number of hydrogen-bond donors (Lipinski definition) is 1. The number of aliphatic hydroxyl groups excluding tert-OH is 1. The predicted molar refractivity (Wildman–Crippen MR) is 80.5 cm³/mol. The van der Waals surface area contributed by atoms with Crippen molar-refractivity contribution in [1.82, 2.24) is 4.31 Å². The maximum atomic E-state index is 12.2. The van der Waals surface area contributed by atoms with E-state index in [1.165, 1.54) is 11.4 Å². The summed E-state index contributed by atoms with van der Waals surface area (Å²) in [5.41, 5.74) is 1.56. The first kappa shape index (κ1) is 17.2. The normalized spacial score (nSPS) is 12.3. The molecule has 1 atom stereocenters. The second-order valence-electron chi connectivity index (χ2n) is 4.48. The molecule has 21 heavy (non-hydrogen) atoms. The fraction of sp³-hybridized carbons (Fsp3) is 0.400. The summed E-state index contributed by atoms with van der Waals surface area (Å²) >= 11 is 0. The molecule has 0 aromatic heterocycles. The van der Waals surface area contributed by atoms with Crippen molar-refractivity contribution < 1.29 is 13.5 Å². The van der Waals surface area contributed by atoms with Crippen molar-refractivity contribution in [1.29, 1.82) is 5.26 Å². The summed E-state index contributed by atoms with van der Waals surface area (Å²) in [5, 5.41) is 16.5. The van der Waals surface area contributed by atoms with Crippen LogP contribution < -0.4 is 0 Å². The van der Waals surface area contributed by atoms with Gasteiger partial charge >= 0.3 is 0 Å². The molecule has 0 spiro atoms. The highest BCUT2D eigenvalue weighted by molar-refractivity contribution is 7.89. The largest absolute Gasteiger partial charge is 0.384 e. The molecule has 1 unspecified atom stereocenters. The van der Waals surface area contributed by atoms with Crippen LogP contribution in [0.1, 0.15) is 24.5 Å². The Labute approximate surface area is 125 Å². The summed E-state index contributed by atoms with van der Waals surface area (Å²) in [6, 6.07) is 8.90. The van der Waals surface area contributed by atoms with Gasteiger partial charge in [-0.1, -0.05) is 30.9 Å². The Morgan fingerprint density at radius 3 is 2.43 bits per heavy atom. The second kappa shape index (κ2) is 7.80. The zero-order chi connectivity index (χ0) is 15.9. The molecule has 0 aliphatic rings. The van der Waals surface area contributed by atoms with Crippen LogP contribution in [-0.4, -0.2) is 36.7 Å². The van der Waals surface area contributed by atoms with Gasteiger partial charge in [0.15, 0.2) is 5.25 Å². The first-order valence-electron chi connectivity index (χ1n) is 6.49. The van der Waals surface area contributed by atoms with E-state index in [0.29, 0.717) is 0 Å². The average molecular weight is 306 g/mol. The number of aliphatic hydroxyl groups is 1. The molecular weight excluding hydrogens is 288 g/mol. The van der Waals surface area contributed by atoms with E-state index in [0.717, 1.165) is 11.1 Å². The van der Waals surface area contributed by atoms with E-state index in [-0.39, 0.29) is 19.6 Å². The standard InChI is InChI=1S/C15H18N2O3S/c1-3-15(11-16)21(19,20)17(2)12-14-8-6-13(7-9-14)5-4-10-18/h6-9,15,18H,3,10,12H2,1-2H3. The van der Waals surface area contributed by atoms with Gasteiger partial charge in [0.1, 0.15) is 6.61 Å². The van der Waals surface area contributed by atoms with Crippen molar-refractivity contribution in [3.63, 3.8) is 0 Å². The fourth-order valence-corrected chi connectivity index (χ4v) is 3.09. The number of rotatable bonds is 5. The van der Waals surface area contributed by atoms with Crippen LogP contribution in [0, 0.1) is 23.2 Å². The molecule has 1 aromatic rings. The molecule has 0 bridgehead atoms. The van der Waals surface area contributed by atoms with E-state index in [4.69, 9.17) is 10.4 Å². The van der Waals surface area contributed by atoms with Crippen molar-refractivity contribution in [2.75, 3.05) is 13.7 Å². The fourth-order valence-electron chi connectivity index (χ4n) is 1.77. The van der Waals surface area contributed by atoms with Gasteiger partial charge in [-0.3, -0.25) is 0 Å². The smallest absolute Gasteiger partial charge is 0.230 e. The Hall–Kier alpha value is -1.86. The Morgan fingerprint density at radius 1 is 1.33 bits per heavy atom. The van der Waals surface area contributed by atoms with Gasteiger partial charge in [-0.25, -0.2) is 8.42 Å². The van der Waals surface area contributed by atoms with Crippen LogP contribution in [0.3, 0.4) is 0 Å². The molecule has 1 aromatic carbocycles. The monoisotopic (exact) mass is 306 g/mol. The molecule has 0 aliphatic carbocycles. The highest BCUT2D eigenvalue weighted by Crippen LogP contribution is 2.14. The molecule has 112 valence electrons. The Morgan fingerprint density at radius 2 is 1.95 bits per heavy atom. The lowest BCUT2D eigenvalue weighted by Crippen LogP contribution is -2.34. The third-order valence-corrected chi connectivity index (χ3v) is 5.14. The molecular formula is C15H18N2O3S. The van der Waals surface area contributed by atoms with Crippen molar-refractivity contribution in [3.8, 4) is 17.9 Å². The van der Waals surface area contributed by atoms with Crippen molar-refractivity contribution in [2.45, 2.75) is 25.1 Å². The first-order valence-corrected chi connectivity index (χ1v) is 7.99. The minimum atomic E-state index is -3.61. The lowest BCUT2D eigenvalue weighted by molar-refractivity contribution is 0.350. The number of nitrogens with zero attached hydrogens (tertiary/aromatic N) is 2. The van der Waals surface area contributed by atoms with Crippen LogP contribution >= 0.6 is 0 Å². The van der Waals surface area contributed by atoms with Crippen LogP contribution in [0.2, 0.25) is 0 Å². The maximum absolute atomic E-state index is 12.2. The molecule has 6 heteroatoms. The highest BCUT2D eigenvalue weighted by atomic mass is 32.2. The summed E-state index contributed by atoms with van der Waals surface area (Å²) in [7, 11) is -2.15. The Bertz CT molecular complexity index is 664. The molecule has 0 saturated heterocycles. The Balaban J connectivity index is 2.84. The minimum absolute atomic E-state index is 0.199. The minimum Gasteiger partial charge on any atom is -0.384 e. The van der Waals surface area contributed by atoms with Crippen LogP contribution in [0.4, 0.5) is 0 Å². The second-order valence-corrected chi connectivity index (χ2v) is 6.71. The van der Waals surface area contributed by atoms with Gasteiger partial charge in [-0.2, -0.15) is 9.57 Å². The summed E-state index contributed by atoms with van der Waals surface area (Å²) < 4.78 is 25.5. The first-order chi connectivity index (χ1) is 9.95. The number of nitriles is 1. The van der Waals surface area contributed by atoms with E-state index in [1.54, 1.807) is 31.2 Å². The van der Waals surface area contributed by atoms with Crippen molar-refractivity contribution in [3.05, 3.63) is 35.4 Å². The average Bonchev–Trinajstić information content (AvgIpc) is 2.47. The van der Waals surface area contributed by atoms with Gasteiger partial charge < -0.3 is 5.11 Å². The SMILES string of the molecule is CCC(C#N)S(=O)(=O)N(C)Cc1ccc(C#CCO)cc1. The maximum Gasteiger partial charge on any atom is 0.230 e. The van der Waals surface area contributed by atoms with E-state index < -0.39 is 15.3 Å². The lowest BCUT2D eigenvalue weighted by Gasteiger charge is -2.19. The molecule has 1 N–H and O–H groups in total. The van der Waals surface area contributed by atoms with E-state index in [1.807, 2.05) is 6.07 Å². The quantitative estimate of drug-likeness (QED) is 0.826. The molecule has 0 aliphatic heterocycles. The van der Waals surface area contributed by atoms with Crippen molar-refractivity contribution >= 4 is 10.0 Å². The zero-order valence-corrected chi connectivity index (χ0v) is 12.9. The third kappa shape index (κ3) is 4.57. The third-order valence-electron chi connectivity index (χ3n) is 2.98. The number of hydrogen-bond acceptors (Lipinski definition) is 4. The summed E-state index contributed by atoms with van der Waals surface area (Å²) in [4.78, 5) is 0. The highest BCUT2D eigenvalue weighted by Gasteiger charge is 2.28. The summed E-state index contributed by atoms with van der Waals surface area (Å²) in [5.74, 6) is 5.31. The molecule has 5 nitrogen and oxygen atoms in total. The molecule has 0 amide bonds. The van der Waals surface area contributed by atoms with Crippen LogP contribution in [0.15, 0.2) is 24.3 Å². The van der Waals surface area contributed by atoms with Gasteiger partial charge in [0.25, 0.3) is 0 Å². The molecule has 0 fully saturated rings. The van der Waals surface area contributed by atoms with Crippen LogP contribution in [0.25, 0.3) is 0 Å². The topological polar surface area (TPSA) is 81.4 Å². The van der Waals surface area contributed by atoms with Gasteiger partial charge in [0, 0.05) is 19.2 Å². The van der Waals surface area contributed by atoms with Crippen LogP contribution in [-0.2, 0) is 16.6 Å². The van der Waals surface area contributed by atoms with E-state index >= 15 is 0 Å².